The van der Waals surface area contributed by atoms with Gasteiger partial charge in [-0.15, -0.1) is 0 Å². The number of nitrogens with one attached hydrogen (secondary N) is 1. The molecule has 0 amide bonds. The third kappa shape index (κ3) is 3.48. The number of hydrogen-bond acceptors (Lipinski definition) is 1. The van der Waals surface area contributed by atoms with E-state index in [0.29, 0.717) is 6.04 Å². The van der Waals surface area contributed by atoms with Gasteiger partial charge in [-0.25, -0.2) is 0 Å². The maximum atomic E-state index is 3.69. The van der Waals surface area contributed by atoms with E-state index in [2.05, 4.69) is 53.3 Å². The van der Waals surface area contributed by atoms with Crippen LogP contribution in [0.25, 0.3) is 0 Å². The van der Waals surface area contributed by atoms with Crippen LogP contribution in [0, 0.1) is 12.8 Å². The quantitative estimate of drug-likeness (QED) is 0.814. The first-order valence-electron chi connectivity index (χ1n) is 6.71. The van der Waals surface area contributed by atoms with Gasteiger partial charge in [0.2, 0.25) is 0 Å². The molecule has 0 radical (unpaired) electrons. The third-order valence-corrected chi connectivity index (χ3v) is 4.50. The highest BCUT2D eigenvalue weighted by Crippen LogP contribution is 2.31. The topological polar surface area (TPSA) is 12.0 Å². The molecule has 1 aliphatic carbocycles. The zero-order valence-corrected chi connectivity index (χ0v) is 12.4. The van der Waals surface area contributed by atoms with Crippen LogP contribution in [0.1, 0.15) is 44.6 Å². The number of anilines is 1. The molecule has 0 bridgehead atoms. The predicted octanol–water partition coefficient (Wildman–Crippen LogP) is 5.14. The maximum absolute atomic E-state index is 3.69. The Kier molecular flexibility index (Phi) is 4.49. The molecule has 0 saturated heterocycles. The van der Waals surface area contributed by atoms with E-state index >= 15 is 0 Å². The fourth-order valence-corrected chi connectivity index (χ4v) is 3.36. The van der Waals surface area contributed by atoms with Gasteiger partial charge in [0, 0.05) is 16.2 Å². The average molecular weight is 296 g/mol. The first-order chi connectivity index (χ1) is 8.19. The van der Waals surface area contributed by atoms with E-state index in [1.807, 2.05) is 0 Å². The van der Waals surface area contributed by atoms with E-state index in [0.717, 1.165) is 5.92 Å². The number of aryl methyl sites for hydroxylation is 1. The molecule has 0 aromatic heterocycles. The highest BCUT2D eigenvalue weighted by atomic mass is 79.9. The molecule has 17 heavy (non-hydrogen) atoms. The molecule has 2 unspecified atom stereocenters. The summed E-state index contributed by atoms with van der Waals surface area (Å²) < 4.78 is 1.19. The molecule has 1 aliphatic rings. The van der Waals surface area contributed by atoms with E-state index in [1.165, 1.54) is 47.8 Å². The lowest BCUT2D eigenvalue weighted by Crippen LogP contribution is -2.27. The van der Waals surface area contributed by atoms with Crippen LogP contribution in [-0.4, -0.2) is 6.04 Å². The van der Waals surface area contributed by atoms with Gasteiger partial charge < -0.3 is 5.32 Å². The van der Waals surface area contributed by atoms with E-state index in [1.54, 1.807) is 0 Å². The molecule has 0 spiro atoms. The molecule has 94 valence electrons. The summed E-state index contributed by atoms with van der Waals surface area (Å²) in [5.41, 5.74) is 2.55. The minimum atomic E-state index is 0.660. The van der Waals surface area contributed by atoms with Gasteiger partial charge in [-0.1, -0.05) is 32.3 Å². The molecular formula is C15H22BrN. The number of rotatable bonds is 3. The number of hydrogen-bond donors (Lipinski definition) is 1. The van der Waals surface area contributed by atoms with Gasteiger partial charge in [-0.05, 0) is 59.3 Å². The first kappa shape index (κ1) is 12.9. The van der Waals surface area contributed by atoms with Crippen molar-refractivity contribution in [3.05, 3.63) is 28.2 Å². The van der Waals surface area contributed by atoms with Crippen molar-refractivity contribution in [1.29, 1.82) is 0 Å². The zero-order chi connectivity index (χ0) is 12.3. The van der Waals surface area contributed by atoms with Gasteiger partial charge in [0.1, 0.15) is 0 Å². The Hall–Kier alpha value is -0.500. The first-order valence-corrected chi connectivity index (χ1v) is 7.51. The summed E-state index contributed by atoms with van der Waals surface area (Å²) in [4.78, 5) is 0. The number of halogens is 1. The Morgan fingerprint density at radius 2 is 2.18 bits per heavy atom. The largest absolute Gasteiger partial charge is 0.381 e. The van der Waals surface area contributed by atoms with Crippen LogP contribution >= 0.6 is 15.9 Å². The van der Waals surface area contributed by atoms with E-state index < -0.39 is 0 Å². The van der Waals surface area contributed by atoms with Crippen molar-refractivity contribution < 1.29 is 0 Å². The Labute approximate surface area is 113 Å². The zero-order valence-electron chi connectivity index (χ0n) is 10.8. The second-order valence-electron chi connectivity index (χ2n) is 5.27. The van der Waals surface area contributed by atoms with Crippen LogP contribution in [0.15, 0.2) is 22.7 Å². The summed E-state index contributed by atoms with van der Waals surface area (Å²) in [5.74, 6) is 0.922. The molecule has 0 aliphatic heterocycles. The molecule has 0 heterocycles. The summed E-state index contributed by atoms with van der Waals surface area (Å²) in [5, 5.41) is 3.69. The van der Waals surface area contributed by atoms with Crippen LogP contribution < -0.4 is 5.32 Å². The Bertz CT molecular complexity index is 375. The summed E-state index contributed by atoms with van der Waals surface area (Å²) in [6.45, 7) is 4.44. The lowest BCUT2D eigenvalue weighted by molar-refractivity contribution is 0.327. The highest BCUT2D eigenvalue weighted by molar-refractivity contribution is 9.10. The van der Waals surface area contributed by atoms with Crippen molar-refractivity contribution in [3.63, 3.8) is 0 Å². The minimum absolute atomic E-state index is 0.660. The van der Waals surface area contributed by atoms with Crippen LogP contribution in [-0.2, 0) is 0 Å². The number of benzene rings is 1. The smallest absolute Gasteiger partial charge is 0.0486 e. The molecule has 1 N–H and O–H groups in total. The van der Waals surface area contributed by atoms with Crippen molar-refractivity contribution in [2.45, 2.75) is 52.0 Å². The van der Waals surface area contributed by atoms with Crippen LogP contribution in [0.5, 0.6) is 0 Å². The van der Waals surface area contributed by atoms with E-state index in [9.17, 15) is 0 Å². The molecule has 2 atom stereocenters. The van der Waals surface area contributed by atoms with E-state index in [-0.39, 0.29) is 0 Å². The Morgan fingerprint density at radius 3 is 2.88 bits per heavy atom. The van der Waals surface area contributed by atoms with Crippen LogP contribution in [0.4, 0.5) is 5.69 Å². The van der Waals surface area contributed by atoms with Gasteiger partial charge in [-0.2, -0.15) is 0 Å². The molecule has 1 aromatic rings. The predicted molar refractivity (Wildman–Crippen MR) is 78.5 cm³/mol. The van der Waals surface area contributed by atoms with Crippen LogP contribution in [0.3, 0.4) is 0 Å². The Balaban J connectivity index is 2.00. The lowest BCUT2D eigenvalue weighted by atomic mass is 9.84. The second-order valence-corrected chi connectivity index (χ2v) is 6.12. The lowest BCUT2D eigenvalue weighted by Gasteiger charge is -2.30. The molecule has 2 heteroatoms. The fourth-order valence-electron chi connectivity index (χ4n) is 2.75. The van der Waals surface area contributed by atoms with E-state index in [4.69, 9.17) is 0 Å². The van der Waals surface area contributed by atoms with Crippen LogP contribution in [0.2, 0.25) is 0 Å². The summed E-state index contributed by atoms with van der Waals surface area (Å²) >= 11 is 3.64. The normalized spacial score (nSPS) is 24.6. The SMILES string of the molecule is CCC1CCCC(Nc2ccc(C)cc2Br)C1. The Morgan fingerprint density at radius 1 is 1.35 bits per heavy atom. The summed E-state index contributed by atoms with van der Waals surface area (Å²) in [6.07, 6.45) is 6.77. The van der Waals surface area contributed by atoms with Gasteiger partial charge >= 0.3 is 0 Å². The molecule has 2 rings (SSSR count). The highest BCUT2D eigenvalue weighted by Gasteiger charge is 2.20. The molecule has 1 nitrogen and oxygen atoms in total. The van der Waals surface area contributed by atoms with Gasteiger partial charge in [0.15, 0.2) is 0 Å². The van der Waals surface area contributed by atoms with Gasteiger partial charge in [-0.3, -0.25) is 0 Å². The fraction of sp³-hybridized carbons (Fsp3) is 0.600. The monoisotopic (exact) mass is 295 g/mol. The standard InChI is InChI=1S/C15H22BrN/c1-3-12-5-4-6-13(10-12)17-15-8-7-11(2)9-14(15)16/h7-9,12-13,17H,3-6,10H2,1-2H3. The third-order valence-electron chi connectivity index (χ3n) is 3.84. The van der Waals surface area contributed by atoms with Crippen molar-refractivity contribution in [2.75, 3.05) is 5.32 Å². The molecular weight excluding hydrogens is 274 g/mol. The molecule has 1 fully saturated rings. The summed E-state index contributed by atoms with van der Waals surface area (Å²) in [6, 6.07) is 7.21. The average Bonchev–Trinajstić information content (AvgIpc) is 2.33. The summed E-state index contributed by atoms with van der Waals surface area (Å²) in [7, 11) is 0. The molecule has 1 saturated carbocycles. The minimum Gasteiger partial charge on any atom is -0.381 e. The van der Waals surface area contributed by atoms with Crippen molar-refractivity contribution in [1.82, 2.24) is 0 Å². The van der Waals surface area contributed by atoms with Crippen molar-refractivity contribution >= 4 is 21.6 Å². The second kappa shape index (κ2) is 5.90. The van der Waals surface area contributed by atoms with Gasteiger partial charge in [0.25, 0.3) is 0 Å². The van der Waals surface area contributed by atoms with Crippen molar-refractivity contribution in [2.24, 2.45) is 5.92 Å². The maximum Gasteiger partial charge on any atom is 0.0486 e. The van der Waals surface area contributed by atoms with Gasteiger partial charge in [0.05, 0.1) is 0 Å². The molecule has 1 aromatic carbocycles. The van der Waals surface area contributed by atoms with Crippen molar-refractivity contribution in [3.8, 4) is 0 Å².